The number of nitrogens with zero attached hydrogens (tertiary/aromatic N) is 3. The van der Waals surface area contributed by atoms with Crippen molar-refractivity contribution in [3.05, 3.63) is 0 Å². The largest absolute Gasteiger partial charge is 0.370 e. The van der Waals surface area contributed by atoms with E-state index in [1.54, 1.807) is 0 Å². The molecule has 1 aliphatic carbocycles. The van der Waals surface area contributed by atoms with Crippen LogP contribution < -0.4 is 5.73 Å². The maximum Gasteiger partial charge on any atom is 0.191 e. The van der Waals surface area contributed by atoms with Crippen molar-refractivity contribution >= 4 is 29.9 Å². The fourth-order valence-corrected chi connectivity index (χ4v) is 3.80. The Bertz CT molecular complexity index is 356. The molecule has 3 rings (SSSR count). The molecule has 0 spiro atoms. The molecule has 0 amide bonds. The topological polar surface area (TPSA) is 44.9 Å². The van der Waals surface area contributed by atoms with Gasteiger partial charge in [0.1, 0.15) is 0 Å². The molecule has 2 saturated heterocycles. The highest BCUT2D eigenvalue weighted by molar-refractivity contribution is 14.0. The maximum atomic E-state index is 6.22. The number of hydrogen-bond donors (Lipinski definition) is 1. The van der Waals surface area contributed by atoms with Crippen LogP contribution in [-0.2, 0) is 0 Å². The third-order valence-electron chi connectivity index (χ3n) is 5.13. The Morgan fingerprint density at radius 1 is 1.10 bits per heavy atom. The van der Waals surface area contributed by atoms with Gasteiger partial charge in [0.05, 0.1) is 6.54 Å². The summed E-state index contributed by atoms with van der Waals surface area (Å²) in [5, 5.41) is 0. The number of likely N-dealkylation sites (tertiary alicyclic amines) is 2. The first kappa shape index (κ1) is 17.3. The highest BCUT2D eigenvalue weighted by Gasteiger charge is 2.35. The van der Waals surface area contributed by atoms with Gasteiger partial charge in [0, 0.05) is 25.2 Å². The molecular formula is C16H31IN4. The number of rotatable bonds is 3. The molecule has 0 bridgehead atoms. The molecule has 2 unspecified atom stereocenters. The molecule has 5 heteroatoms. The quantitative estimate of drug-likeness (QED) is 0.445. The Morgan fingerprint density at radius 2 is 1.90 bits per heavy atom. The lowest BCUT2D eigenvalue weighted by atomic mass is 10.0. The lowest BCUT2D eigenvalue weighted by molar-refractivity contribution is 0.144. The first-order valence-electron chi connectivity index (χ1n) is 8.54. The van der Waals surface area contributed by atoms with Crippen LogP contribution in [0.4, 0.5) is 0 Å². The van der Waals surface area contributed by atoms with Crippen LogP contribution in [0.1, 0.15) is 51.9 Å². The molecule has 2 aliphatic heterocycles. The molecule has 122 valence electrons. The third-order valence-corrected chi connectivity index (χ3v) is 5.13. The van der Waals surface area contributed by atoms with Crippen molar-refractivity contribution in [2.45, 2.75) is 64.0 Å². The first-order valence-corrected chi connectivity index (χ1v) is 8.54. The summed E-state index contributed by atoms with van der Waals surface area (Å²) in [5.41, 5.74) is 6.22. The predicted molar refractivity (Wildman–Crippen MR) is 99.2 cm³/mol. The molecule has 2 N–H and O–H groups in total. The smallest absolute Gasteiger partial charge is 0.191 e. The van der Waals surface area contributed by atoms with Crippen LogP contribution in [0.25, 0.3) is 0 Å². The van der Waals surface area contributed by atoms with Gasteiger partial charge in [-0.1, -0.05) is 13.3 Å². The molecule has 21 heavy (non-hydrogen) atoms. The van der Waals surface area contributed by atoms with Gasteiger partial charge in [-0.2, -0.15) is 0 Å². The fourth-order valence-electron chi connectivity index (χ4n) is 3.80. The zero-order valence-electron chi connectivity index (χ0n) is 13.3. The summed E-state index contributed by atoms with van der Waals surface area (Å²) in [6.45, 7) is 6.69. The minimum atomic E-state index is 0. The van der Waals surface area contributed by atoms with Crippen LogP contribution >= 0.6 is 24.0 Å². The van der Waals surface area contributed by atoms with E-state index in [2.05, 4.69) is 16.7 Å². The van der Waals surface area contributed by atoms with Gasteiger partial charge in [0.25, 0.3) is 0 Å². The average Bonchev–Trinajstić information content (AvgIpc) is 3.29. The Kier molecular flexibility index (Phi) is 6.59. The molecule has 3 fully saturated rings. The second-order valence-electron chi connectivity index (χ2n) is 7.01. The van der Waals surface area contributed by atoms with Gasteiger partial charge >= 0.3 is 0 Å². The Morgan fingerprint density at radius 3 is 2.62 bits per heavy atom. The molecule has 0 radical (unpaired) electrons. The first-order chi connectivity index (χ1) is 9.74. The number of aliphatic imine (C=N–C) groups is 1. The lowest BCUT2D eigenvalue weighted by Gasteiger charge is -2.36. The Hall–Kier alpha value is -0.0400. The SMILES string of the molecule is CC1CCCN(C(N)=NCC2CCCCN2C2CC2)C1.I. The number of guanidine groups is 1. The number of piperidine rings is 2. The van der Waals surface area contributed by atoms with E-state index < -0.39 is 0 Å². The highest BCUT2D eigenvalue weighted by Crippen LogP contribution is 2.32. The van der Waals surface area contributed by atoms with Crippen molar-refractivity contribution in [1.29, 1.82) is 0 Å². The van der Waals surface area contributed by atoms with E-state index in [9.17, 15) is 0 Å². The van der Waals surface area contributed by atoms with Crippen LogP contribution in [-0.4, -0.2) is 54.0 Å². The van der Waals surface area contributed by atoms with Gasteiger partial charge in [-0.05, 0) is 51.0 Å². The van der Waals surface area contributed by atoms with Crippen LogP contribution in [0, 0.1) is 5.92 Å². The van der Waals surface area contributed by atoms with Crippen LogP contribution in [0.3, 0.4) is 0 Å². The van der Waals surface area contributed by atoms with E-state index in [1.807, 2.05) is 0 Å². The van der Waals surface area contributed by atoms with Gasteiger partial charge in [-0.15, -0.1) is 24.0 Å². The summed E-state index contributed by atoms with van der Waals surface area (Å²) < 4.78 is 0. The highest BCUT2D eigenvalue weighted by atomic mass is 127. The lowest BCUT2D eigenvalue weighted by Crippen LogP contribution is -2.46. The second-order valence-corrected chi connectivity index (χ2v) is 7.01. The van der Waals surface area contributed by atoms with Crippen LogP contribution in [0.2, 0.25) is 0 Å². The number of nitrogens with two attached hydrogens (primary N) is 1. The summed E-state index contributed by atoms with van der Waals surface area (Å²) in [7, 11) is 0. The van der Waals surface area contributed by atoms with Crippen LogP contribution in [0.5, 0.6) is 0 Å². The molecule has 0 aromatic rings. The number of halogens is 1. The van der Waals surface area contributed by atoms with Gasteiger partial charge in [-0.3, -0.25) is 9.89 Å². The summed E-state index contributed by atoms with van der Waals surface area (Å²) in [4.78, 5) is 9.74. The van der Waals surface area contributed by atoms with E-state index >= 15 is 0 Å². The number of hydrogen-bond acceptors (Lipinski definition) is 2. The fraction of sp³-hybridized carbons (Fsp3) is 0.938. The average molecular weight is 406 g/mol. The second kappa shape index (κ2) is 7.99. The Balaban J connectivity index is 0.00000161. The summed E-state index contributed by atoms with van der Waals surface area (Å²) in [6.07, 6.45) is 9.44. The molecular weight excluding hydrogens is 375 g/mol. The van der Waals surface area contributed by atoms with Crippen molar-refractivity contribution in [3.8, 4) is 0 Å². The standard InChI is InChI=1S/C16H30N4.HI/c1-13-5-4-9-19(12-13)16(17)18-11-15-6-2-3-10-20(15)14-7-8-14;/h13-15H,2-12H2,1H3,(H2,17,18);1H. The third kappa shape index (κ3) is 4.71. The summed E-state index contributed by atoms with van der Waals surface area (Å²) in [6, 6.07) is 1.52. The van der Waals surface area contributed by atoms with E-state index in [0.717, 1.165) is 37.6 Å². The Labute approximate surface area is 146 Å². The zero-order valence-corrected chi connectivity index (χ0v) is 15.7. The normalized spacial score (nSPS) is 31.9. The van der Waals surface area contributed by atoms with Gasteiger partial charge in [-0.25, -0.2) is 0 Å². The predicted octanol–water partition coefficient (Wildman–Crippen LogP) is 2.67. The molecule has 3 aliphatic rings. The van der Waals surface area contributed by atoms with E-state index in [1.165, 1.54) is 51.5 Å². The molecule has 2 atom stereocenters. The summed E-state index contributed by atoms with van der Waals surface area (Å²) in [5.74, 6) is 1.55. The van der Waals surface area contributed by atoms with Crippen molar-refractivity contribution < 1.29 is 0 Å². The molecule has 2 heterocycles. The van der Waals surface area contributed by atoms with Crippen molar-refractivity contribution in [3.63, 3.8) is 0 Å². The summed E-state index contributed by atoms with van der Waals surface area (Å²) >= 11 is 0. The monoisotopic (exact) mass is 406 g/mol. The molecule has 0 aromatic carbocycles. The van der Waals surface area contributed by atoms with Crippen molar-refractivity contribution in [1.82, 2.24) is 9.80 Å². The zero-order chi connectivity index (χ0) is 13.9. The van der Waals surface area contributed by atoms with Crippen LogP contribution in [0.15, 0.2) is 4.99 Å². The molecule has 1 saturated carbocycles. The van der Waals surface area contributed by atoms with E-state index in [4.69, 9.17) is 10.7 Å². The van der Waals surface area contributed by atoms with E-state index in [0.29, 0.717) is 6.04 Å². The molecule has 4 nitrogen and oxygen atoms in total. The minimum absolute atomic E-state index is 0. The maximum absolute atomic E-state index is 6.22. The van der Waals surface area contributed by atoms with Gasteiger partial charge < -0.3 is 10.6 Å². The van der Waals surface area contributed by atoms with Crippen molar-refractivity contribution in [2.75, 3.05) is 26.2 Å². The van der Waals surface area contributed by atoms with Crippen molar-refractivity contribution in [2.24, 2.45) is 16.6 Å². The van der Waals surface area contributed by atoms with Gasteiger partial charge in [0.2, 0.25) is 0 Å². The van der Waals surface area contributed by atoms with E-state index in [-0.39, 0.29) is 24.0 Å². The molecule has 0 aromatic heterocycles. The minimum Gasteiger partial charge on any atom is -0.370 e. The van der Waals surface area contributed by atoms with Gasteiger partial charge in [0.15, 0.2) is 5.96 Å².